The number of azo groups is 1. The van der Waals surface area contributed by atoms with E-state index in [0.29, 0.717) is 36.3 Å². The Labute approximate surface area is 186 Å². The van der Waals surface area contributed by atoms with Gasteiger partial charge >= 0.3 is 15.4 Å². The van der Waals surface area contributed by atoms with Gasteiger partial charge in [0.15, 0.2) is 0 Å². The molecule has 31 heavy (non-hydrogen) atoms. The highest BCUT2D eigenvalue weighted by Gasteiger charge is 2.18. The van der Waals surface area contributed by atoms with Gasteiger partial charge in [0.25, 0.3) is 5.91 Å². The minimum atomic E-state index is -1.88. The molecule has 174 valence electrons. The van der Waals surface area contributed by atoms with Gasteiger partial charge in [-0.3, -0.25) is 10.1 Å². The molecule has 2 amide bonds. The lowest BCUT2D eigenvalue weighted by Crippen LogP contribution is -2.33. The summed E-state index contributed by atoms with van der Waals surface area (Å²) in [6.45, 7) is 4.82. The third kappa shape index (κ3) is 10.5. The first-order chi connectivity index (χ1) is 14.9. The number of carbonyl (C=O) groups excluding carboxylic acids is 1. The number of unbranched alkanes of at least 4 members (excludes halogenated alkanes) is 1. The molecule has 9 nitrogen and oxygen atoms in total. The van der Waals surface area contributed by atoms with Gasteiger partial charge in [-0.2, -0.15) is 5.11 Å². The summed E-state index contributed by atoms with van der Waals surface area (Å²) in [4.78, 5) is 23.7. The first kappa shape index (κ1) is 26.7. The zero-order chi connectivity index (χ0) is 23.1. The number of amides is 2. The van der Waals surface area contributed by atoms with E-state index in [4.69, 9.17) is 18.7 Å². The zero-order valence-electron chi connectivity index (χ0n) is 18.9. The third-order valence-electron chi connectivity index (χ3n) is 4.91. The number of carbonyl (C=O) groups is 2. The smallest absolute Gasteiger partial charge is 0.406 e. The minimum Gasteiger partial charge on any atom is -0.492 e. The van der Waals surface area contributed by atoms with E-state index in [1.165, 1.54) is 0 Å². The van der Waals surface area contributed by atoms with Gasteiger partial charge < -0.3 is 18.7 Å². The van der Waals surface area contributed by atoms with Crippen LogP contribution in [0.15, 0.2) is 34.5 Å². The molecule has 0 aliphatic rings. The van der Waals surface area contributed by atoms with Crippen LogP contribution in [0.1, 0.15) is 56.3 Å². The number of nitrogens with zero attached hydrogens (tertiary/aromatic N) is 2. The van der Waals surface area contributed by atoms with E-state index in [0.717, 1.165) is 25.7 Å². The fourth-order valence-corrected chi connectivity index (χ4v) is 4.23. The van der Waals surface area contributed by atoms with Gasteiger partial charge in [0.05, 0.1) is 12.2 Å². The fraction of sp³-hybridized carbons (Fsp3) is 0.619. The molecule has 2 atom stereocenters. The lowest BCUT2D eigenvalue weighted by Gasteiger charge is -2.17. The Bertz CT molecular complexity index is 699. The van der Waals surface area contributed by atoms with Crippen LogP contribution in [-0.2, 0) is 8.85 Å². The standard InChI is InChI=1S/C21H35N3O6Si/c1-5-7-10-16(6-2)15-30-18-12-9-8-11-17(18)20(25)24-23-19(22-21(26)27)13-14-31(28-3)29-4/h8-9,11-12,16,19,22,31H,5-7,10,13-15H2,1-4H3,(H,26,27). The van der Waals surface area contributed by atoms with Crippen LogP contribution in [0.2, 0.25) is 6.04 Å². The lowest BCUT2D eigenvalue weighted by atomic mass is 10.0. The van der Waals surface area contributed by atoms with Gasteiger partial charge in [-0.15, -0.1) is 5.11 Å². The lowest BCUT2D eigenvalue weighted by molar-refractivity contribution is 0.0985. The van der Waals surface area contributed by atoms with Crippen molar-refractivity contribution in [2.75, 3.05) is 20.8 Å². The van der Waals surface area contributed by atoms with Crippen molar-refractivity contribution in [3.05, 3.63) is 29.8 Å². The Morgan fingerprint density at radius 3 is 2.48 bits per heavy atom. The number of nitrogens with one attached hydrogen (secondary N) is 1. The van der Waals surface area contributed by atoms with E-state index >= 15 is 0 Å². The van der Waals surface area contributed by atoms with Crippen LogP contribution in [0, 0.1) is 5.92 Å². The Morgan fingerprint density at radius 1 is 1.16 bits per heavy atom. The average molecular weight is 454 g/mol. The molecule has 2 unspecified atom stereocenters. The van der Waals surface area contributed by atoms with Crippen LogP contribution in [0.3, 0.4) is 0 Å². The highest BCUT2D eigenvalue weighted by atomic mass is 28.3. The summed E-state index contributed by atoms with van der Waals surface area (Å²) in [7, 11) is 1.22. The highest BCUT2D eigenvalue weighted by molar-refractivity contribution is 6.44. The van der Waals surface area contributed by atoms with Crippen molar-refractivity contribution in [3.63, 3.8) is 0 Å². The van der Waals surface area contributed by atoms with Crippen molar-refractivity contribution in [3.8, 4) is 5.75 Å². The normalized spacial score (nSPS) is 13.3. The maximum Gasteiger partial charge on any atom is 0.406 e. The average Bonchev–Trinajstić information content (AvgIpc) is 2.77. The van der Waals surface area contributed by atoms with Crippen molar-refractivity contribution in [1.29, 1.82) is 0 Å². The van der Waals surface area contributed by atoms with Crippen LogP contribution in [0.25, 0.3) is 0 Å². The zero-order valence-corrected chi connectivity index (χ0v) is 20.0. The number of hydrogen-bond donors (Lipinski definition) is 2. The molecule has 0 aliphatic heterocycles. The summed E-state index contributed by atoms with van der Waals surface area (Å²) in [5, 5.41) is 18.9. The number of hydrogen-bond acceptors (Lipinski definition) is 6. The van der Waals surface area contributed by atoms with Gasteiger partial charge in [-0.05, 0) is 36.9 Å². The topological polar surface area (TPSA) is 119 Å². The first-order valence-corrected chi connectivity index (χ1v) is 12.4. The van der Waals surface area contributed by atoms with Crippen LogP contribution >= 0.6 is 0 Å². The summed E-state index contributed by atoms with van der Waals surface area (Å²) in [6, 6.07) is 7.40. The second kappa shape index (κ2) is 15.5. The second-order valence-electron chi connectivity index (χ2n) is 7.19. The molecule has 0 aromatic heterocycles. The highest BCUT2D eigenvalue weighted by Crippen LogP contribution is 2.22. The molecule has 0 aliphatic carbocycles. The van der Waals surface area contributed by atoms with Crippen LogP contribution in [-0.4, -0.2) is 53.4 Å². The molecule has 0 radical (unpaired) electrons. The molecule has 0 spiro atoms. The summed E-state index contributed by atoms with van der Waals surface area (Å²) in [5.74, 6) is 0.296. The molecule has 0 bridgehead atoms. The van der Waals surface area contributed by atoms with Gasteiger partial charge in [0.2, 0.25) is 0 Å². The summed E-state index contributed by atoms with van der Waals surface area (Å²) < 4.78 is 16.4. The minimum absolute atomic E-state index is 0.298. The number of benzene rings is 1. The molecular formula is C21H35N3O6Si. The molecule has 0 fully saturated rings. The molecule has 2 N–H and O–H groups in total. The quantitative estimate of drug-likeness (QED) is 0.301. The Balaban J connectivity index is 2.83. The van der Waals surface area contributed by atoms with Gasteiger partial charge in [0.1, 0.15) is 11.9 Å². The molecule has 0 saturated carbocycles. The van der Waals surface area contributed by atoms with Crippen molar-refractivity contribution in [1.82, 2.24) is 5.32 Å². The Kier molecular flexibility index (Phi) is 13.4. The van der Waals surface area contributed by atoms with Crippen molar-refractivity contribution in [2.24, 2.45) is 16.1 Å². The van der Waals surface area contributed by atoms with Crippen molar-refractivity contribution >= 4 is 21.3 Å². The van der Waals surface area contributed by atoms with E-state index in [2.05, 4.69) is 29.4 Å². The number of para-hydroxylation sites is 1. The van der Waals surface area contributed by atoms with Gasteiger partial charge in [-0.1, -0.05) is 45.2 Å². The Morgan fingerprint density at radius 2 is 1.87 bits per heavy atom. The van der Waals surface area contributed by atoms with Crippen LogP contribution in [0.5, 0.6) is 5.75 Å². The summed E-state index contributed by atoms with van der Waals surface area (Å²) in [5.41, 5.74) is 0.298. The first-order valence-electron chi connectivity index (χ1n) is 10.7. The van der Waals surface area contributed by atoms with E-state index in [-0.39, 0.29) is 0 Å². The molecule has 0 heterocycles. The number of ether oxygens (including phenoxy) is 1. The van der Waals surface area contributed by atoms with Crippen molar-refractivity contribution < 1.29 is 28.3 Å². The van der Waals surface area contributed by atoms with E-state index in [1.807, 2.05) is 0 Å². The third-order valence-corrected chi connectivity index (χ3v) is 6.77. The molecule has 1 rings (SSSR count). The van der Waals surface area contributed by atoms with E-state index in [1.54, 1.807) is 38.5 Å². The van der Waals surface area contributed by atoms with Crippen LogP contribution in [0.4, 0.5) is 4.79 Å². The Hall–Kier alpha value is -2.30. The maximum atomic E-state index is 12.6. The maximum absolute atomic E-state index is 12.6. The number of carboxylic acid groups (broad SMARTS) is 1. The SMILES string of the molecule is CCCCC(CC)COc1ccccc1C(=O)N=NC(CC[SiH](OC)OC)NC(=O)O. The molecule has 1 aromatic rings. The van der Waals surface area contributed by atoms with E-state index in [9.17, 15) is 9.59 Å². The number of rotatable bonds is 15. The van der Waals surface area contributed by atoms with E-state index < -0.39 is 27.4 Å². The molecule has 1 aromatic carbocycles. The largest absolute Gasteiger partial charge is 0.492 e. The predicted molar refractivity (Wildman–Crippen MR) is 120 cm³/mol. The summed E-state index contributed by atoms with van der Waals surface area (Å²) in [6.07, 6.45) is 2.57. The summed E-state index contributed by atoms with van der Waals surface area (Å²) >= 11 is 0. The predicted octanol–water partition coefficient (Wildman–Crippen LogP) is 4.37. The second-order valence-corrected chi connectivity index (χ2v) is 9.57. The monoisotopic (exact) mass is 453 g/mol. The molecular weight excluding hydrogens is 418 g/mol. The van der Waals surface area contributed by atoms with Gasteiger partial charge in [0, 0.05) is 14.2 Å². The van der Waals surface area contributed by atoms with Gasteiger partial charge in [-0.25, -0.2) is 4.79 Å². The molecule has 10 heteroatoms. The fourth-order valence-electron chi connectivity index (χ4n) is 2.98. The van der Waals surface area contributed by atoms with Crippen molar-refractivity contribution in [2.45, 2.75) is 58.2 Å². The molecule has 0 saturated heterocycles. The van der Waals surface area contributed by atoms with Crippen LogP contribution < -0.4 is 10.1 Å².